The van der Waals surface area contributed by atoms with Crippen molar-refractivity contribution < 1.29 is 29.2 Å². The topological polar surface area (TPSA) is 100 Å². The molecule has 31 heavy (non-hydrogen) atoms. The molecule has 1 aromatic rings. The largest absolute Gasteiger partial charge is 0.493 e. The molecule has 0 bridgehead atoms. The van der Waals surface area contributed by atoms with Gasteiger partial charge in [0, 0.05) is 37.5 Å². The van der Waals surface area contributed by atoms with Crippen molar-refractivity contribution >= 4 is 5.91 Å². The number of aliphatic hydroxyl groups excluding tert-OH is 1. The van der Waals surface area contributed by atoms with Crippen LogP contribution in [0.2, 0.25) is 0 Å². The lowest BCUT2D eigenvalue weighted by Crippen LogP contribution is -2.50. The number of hydrogen-bond acceptors (Lipinski definition) is 7. The van der Waals surface area contributed by atoms with Crippen LogP contribution >= 0.6 is 0 Å². The fourth-order valence-electron chi connectivity index (χ4n) is 4.19. The van der Waals surface area contributed by atoms with Gasteiger partial charge in [0.2, 0.25) is 5.91 Å². The van der Waals surface area contributed by atoms with Gasteiger partial charge in [-0.2, -0.15) is 0 Å². The summed E-state index contributed by atoms with van der Waals surface area (Å²) < 4.78 is 16.8. The Balaban J connectivity index is 1.78. The zero-order valence-corrected chi connectivity index (χ0v) is 19.2. The van der Waals surface area contributed by atoms with E-state index in [-0.39, 0.29) is 31.0 Å². The van der Waals surface area contributed by atoms with Crippen LogP contribution in [0.5, 0.6) is 11.5 Å². The average Bonchev–Trinajstić information content (AvgIpc) is 3.02. The van der Waals surface area contributed by atoms with Gasteiger partial charge in [-0.1, -0.05) is 13.0 Å². The number of benzene rings is 1. The molecule has 8 heteroatoms. The number of carbonyl (C=O) groups excluding carboxylic acids is 1. The molecule has 2 aliphatic heterocycles. The van der Waals surface area contributed by atoms with E-state index in [1.165, 1.54) is 13.8 Å². The second kappa shape index (κ2) is 9.32. The molecule has 1 aromatic carbocycles. The minimum atomic E-state index is -1.27. The predicted molar refractivity (Wildman–Crippen MR) is 116 cm³/mol. The molecule has 8 nitrogen and oxygen atoms in total. The van der Waals surface area contributed by atoms with Gasteiger partial charge < -0.3 is 34.6 Å². The summed E-state index contributed by atoms with van der Waals surface area (Å²) in [6, 6.07) is 5.86. The van der Waals surface area contributed by atoms with Gasteiger partial charge >= 0.3 is 0 Å². The molecule has 0 spiro atoms. The van der Waals surface area contributed by atoms with E-state index < -0.39 is 17.3 Å². The summed E-state index contributed by atoms with van der Waals surface area (Å²) in [5, 5.41) is 23.5. The van der Waals surface area contributed by atoms with Crippen LogP contribution in [0.3, 0.4) is 0 Å². The van der Waals surface area contributed by atoms with E-state index in [9.17, 15) is 15.0 Å². The molecule has 0 saturated carbocycles. The summed E-state index contributed by atoms with van der Waals surface area (Å²) in [6.07, 6.45) is -0.312. The molecule has 3 unspecified atom stereocenters. The van der Waals surface area contributed by atoms with Crippen LogP contribution in [0.25, 0.3) is 0 Å². The Bertz CT molecular complexity index is 774. The number of rotatable bonds is 9. The van der Waals surface area contributed by atoms with Gasteiger partial charge in [-0.3, -0.25) is 4.79 Å². The van der Waals surface area contributed by atoms with Crippen LogP contribution in [0.1, 0.15) is 45.6 Å². The molecule has 0 radical (unpaired) electrons. The van der Waals surface area contributed by atoms with Crippen LogP contribution < -0.4 is 14.8 Å². The Hall–Kier alpha value is -1.87. The molecule has 2 saturated heterocycles. The predicted octanol–water partition coefficient (Wildman–Crippen LogP) is 1.49. The number of aliphatic hydroxyl groups is 2. The van der Waals surface area contributed by atoms with Crippen molar-refractivity contribution in [3.63, 3.8) is 0 Å². The fourth-order valence-corrected chi connectivity index (χ4v) is 4.19. The van der Waals surface area contributed by atoms with Crippen LogP contribution in [-0.2, 0) is 9.53 Å². The number of carbonyl (C=O) groups is 1. The molecule has 1 amide bonds. The summed E-state index contributed by atoms with van der Waals surface area (Å²) in [6.45, 7) is 9.57. The summed E-state index contributed by atoms with van der Waals surface area (Å²) in [5.74, 6) is -0.0207. The lowest BCUT2D eigenvalue weighted by molar-refractivity contribution is -0.178. The first-order valence-electron chi connectivity index (χ1n) is 10.9. The maximum Gasteiger partial charge on any atom is 0.224 e. The van der Waals surface area contributed by atoms with Crippen LogP contribution in [0, 0.1) is 5.41 Å². The Morgan fingerprint density at radius 1 is 1.35 bits per heavy atom. The average molecular weight is 437 g/mol. The number of ether oxygens (including phenoxy) is 3. The van der Waals surface area contributed by atoms with E-state index >= 15 is 0 Å². The molecule has 0 aliphatic carbocycles. The monoisotopic (exact) mass is 436 g/mol. The molecule has 2 heterocycles. The molecule has 2 aliphatic rings. The maximum absolute atomic E-state index is 12.8. The third kappa shape index (κ3) is 5.49. The van der Waals surface area contributed by atoms with E-state index in [4.69, 9.17) is 14.2 Å². The number of nitrogens with one attached hydrogen (secondary N) is 1. The van der Waals surface area contributed by atoms with Gasteiger partial charge in [0.15, 0.2) is 17.3 Å². The quantitative estimate of drug-likeness (QED) is 0.504. The number of likely N-dealkylation sites (tertiary alicyclic amines) is 1. The van der Waals surface area contributed by atoms with Gasteiger partial charge in [0.1, 0.15) is 6.10 Å². The maximum atomic E-state index is 12.8. The van der Waals surface area contributed by atoms with E-state index in [1.807, 2.05) is 25.1 Å². The standard InChI is InChI=1S/C23H36N2O6/c1-15(26)23(4)14-25(21(27)8-9-30-22(2,3)28)13-18(23)16-6-7-19(29-5)20(10-16)31-17-11-24-12-17/h6-7,10,15,17-18,24,26,28H,8-9,11-14H2,1-5H3. The third-order valence-electron chi connectivity index (χ3n) is 6.44. The van der Waals surface area contributed by atoms with E-state index in [0.717, 1.165) is 18.7 Å². The molecule has 3 N–H and O–H groups in total. The van der Waals surface area contributed by atoms with Crippen LogP contribution in [-0.4, -0.2) is 78.9 Å². The first-order chi connectivity index (χ1) is 14.5. The fraction of sp³-hybridized carbons (Fsp3) is 0.696. The number of nitrogens with zero attached hydrogens (tertiary/aromatic N) is 1. The zero-order valence-electron chi connectivity index (χ0n) is 19.2. The number of amides is 1. The SMILES string of the molecule is COc1ccc(C2CN(C(=O)CCOC(C)(C)O)CC2(C)C(C)O)cc1OC1CNC1. The van der Waals surface area contributed by atoms with Crippen molar-refractivity contribution in [2.45, 2.75) is 58.0 Å². The zero-order chi connectivity index (χ0) is 22.8. The van der Waals surface area contributed by atoms with Crippen molar-refractivity contribution in [2.24, 2.45) is 5.41 Å². The first-order valence-corrected chi connectivity index (χ1v) is 10.9. The summed E-state index contributed by atoms with van der Waals surface area (Å²) in [7, 11) is 1.62. The van der Waals surface area contributed by atoms with Crippen molar-refractivity contribution in [2.75, 3.05) is 39.9 Å². The Kier molecular flexibility index (Phi) is 7.15. The molecule has 174 valence electrons. The molecular formula is C23H36N2O6. The normalized spacial score (nSPS) is 25.3. The lowest BCUT2D eigenvalue weighted by atomic mass is 9.72. The van der Waals surface area contributed by atoms with E-state index in [0.29, 0.717) is 24.6 Å². The van der Waals surface area contributed by atoms with Crippen molar-refractivity contribution in [3.8, 4) is 11.5 Å². The molecule has 0 aromatic heterocycles. The van der Waals surface area contributed by atoms with Gasteiger partial charge in [-0.15, -0.1) is 0 Å². The van der Waals surface area contributed by atoms with Crippen LogP contribution in [0.15, 0.2) is 18.2 Å². The number of hydrogen-bond donors (Lipinski definition) is 3. The van der Waals surface area contributed by atoms with Crippen molar-refractivity contribution in [3.05, 3.63) is 23.8 Å². The highest BCUT2D eigenvalue weighted by Crippen LogP contribution is 2.47. The van der Waals surface area contributed by atoms with Gasteiger partial charge in [0.05, 0.1) is 26.2 Å². The minimum absolute atomic E-state index is 0.0517. The third-order valence-corrected chi connectivity index (χ3v) is 6.44. The smallest absolute Gasteiger partial charge is 0.224 e. The Morgan fingerprint density at radius 3 is 2.61 bits per heavy atom. The van der Waals surface area contributed by atoms with Gasteiger partial charge in [-0.25, -0.2) is 0 Å². The Morgan fingerprint density at radius 2 is 2.06 bits per heavy atom. The highest BCUT2D eigenvalue weighted by atomic mass is 16.6. The number of methoxy groups -OCH3 is 1. The molecule has 2 fully saturated rings. The highest BCUT2D eigenvalue weighted by molar-refractivity contribution is 5.77. The van der Waals surface area contributed by atoms with Crippen molar-refractivity contribution in [1.29, 1.82) is 0 Å². The molecular weight excluding hydrogens is 400 g/mol. The second-order valence-corrected chi connectivity index (χ2v) is 9.36. The summed E-state index contributed by atoms with van der Waals surface area (Å²) in [5.41, 5.74) is 0.505. The second-order valence-electron chi connectivity index (χ2n) is 9.36. The first kappa shape index (κ1) is 23.8. The molecule has 3 atom stereocenters. The highest BCUT2D eigenvalue weighted by Gasteiger charge is 2.48. The van der Waals surface area contributed by atoms with E-state index in [2.05, 4.69) is 5.32 Å². The Labute approximate surface area is 184 Å². The lowest BCUT2D eigenvalue weighted by Gasteiger charge is -2.34. The van der Waals surface area contributed by atoms with E-state index in [1.54, 1.807) is 18.9 Å². The van der Waals surface area contributed by atoms with Gasteiger partial charge in [0.25, 0.3) is 0 Å². The summed E-state index contributed by atoms with van der Waals surface area (Å²) >= 11 is 0. The van der Waals surface area contributed by atoms with Crippen molar-refractivity contribution in [1.82, 2.24) is 10.2 Å². The van der Waals surface area contributed by atoms with Gasteiger partial charge in [-0.05, 0) is 38.5 Å². The minimum Gasteiger partial charge on any atom is -0.493 e. The molecule has 3 rings (SSSR count). The van der Waals surface area contributed by atoms with Crippen LogP contribution in [0.4, 0.5) is 0 Å². The summed E-state index contributed by atoms with van der Waals surface area (Å²) in [4.78, 5) is 14.6.